The van der Waals surface area contributed by atoms with E-state index in [-0.39, 0.29) is 5.82 Å². The molecule has 1 aliphatic rings. The molecule has 0 aliphatic heterocycles. The number of rotatable bonds is 2. The molecule has 2 aromatic carbocycles. The largest absolute Gasteiger partial charge is 0.207 e. The van der Waals surface area contributed by atoms with Gasteiger partial charge in [0.2, 0.25) is 0 Å². The third-order valence-corrected chi connectivity index (χ3v) is 3.47. The van der Waals surface area contributed by atoms with E-state index < -0.39 is 0 Å². The van der Waals surface area contributed by atoms with E-state index in [0.29, 0.717) is 5.92 Å². The van der Waals surface area contributed by atoms with Gasteiger partial charge in [0.05, 0.1) is 0 Å². The van der Waals surface area contributed by atoms with Gasteiger partial charge in [-0.1, -0.05) is 42.5 Å². The van der Waals surface area contributed by atoms with Gasteiger partial charge in [0.25, 0.3) is 0 Å². The van der Waals surface area contributed by atoms with Crippen LogP contribution >= 0.6 is 0 Å². The summed E-state index contributed by atoms with van der Waals surface area (Å²) in [5.74, 6) is 0.272. The van der Waals surface area contributed by atoms with Crippen molar-refractivity contribution in [3.05, 3.63) is 77.5 Å². The molecule has 0 aromatic heterocycles. The minimum Gasteiger partial charge on any atom is -0.207 e. The highest BCUT2D eigenvalue weighted by Crippen LogP contribution is 2.34. The average molecular weight is 225 g/mol. The lowest BCUT2D eigenvalue weighted by molar-refractivity contribution is 0.601. The fourth-order valence-electron chi connectivity index (χ4n) is 2.57. The maximum atomic E-state index is 13.6. The lowest BCUT2D eigenvalue weighted by Crippen LogP contribution is -2.01. The van der Waals surface area contributed by atoms with E-state index in [9.17, 15) is 4.39 Å². The molecule has 0 amide bonds. The predicted molar refractivity (Wildman–Crippen MR) is 67.3 cm³/mol. The maximum Gasteiger partial charge on any atom is 0.126 e. The van der Waals surface area contributed by atoms with Crippen molar-refractivity contribution in [1.82, 2.24) is 0 Å². The molecule has 85 valence electrons. The van der Waals surface area contributed by atoms with Crippen LogP contribution in [0.1, 0.15) is 22.6 Å². The van der Waals surface area contributed by atoms with Crippen molar-refractivity contribution < 1.29 is 4.39 Å². The van der Waals surface area contributed by atoms with Gasteiger partial charge in [-0.25, -0.2) is 4.39 Å². The molecule has 0 nitrogen and oxygen atoms in total. The zero-order valence-corrected chi connectivity index (χ0v) is 9.57. The van der Waals surface area contributed by atoms with Crippen molar-refractivity contribution in [2.45, 2.75) is 18.8 Å². The Morgan fingerprint density at radius 2 is 1.76 bits per heavy atom. The predicted octanol–water partition coefficient (Wildman–Crippen LogP) is 3.91. The molecule has 0 N–H and O–H groups in total. The molecular weight excluding hydrogens is 211 g/mol. The van der Waals surface area contributed by atoms with Crippen molar-refractivity contribution in [2.75, 3.05) is 0 Å². The zero-order valence-electron chi connectivity index (χ0n) is 9.57. The summed E-state index contributed by atoms with van der Waals surface area (Å²) in [4.78, 5) is 0. The van der Waals surface area contributed by atoms with E-state index in [1.54, 1.807) is 6.07 Å². The number of fused-ring (bicyclic) bond motifs is 1. The van der Waals surface area contributed by atoms with E-state index in [0.717, 1.165) is 18.4 Å². The SMILES string of the molecule is Fc1ccccc1CC1[CH]Cc2ccccc21. The Morgan fingerprint density at radius 3 is 2.65 bits per heavy atom. The first-order valence-corrected chi connectivity index (χ1v) is 5.99. The summed E-state index contributed by atoms with van der Waals surface area (Å²) < 4.78 is 13.6. The average Bonchev–Trinajstić information content (AvgIpc) is 2.76. The number of benzene rings is 2. The van der Waals surface area contributed by atoms with E-state index in [2.05, 4.69) is 30.7 Å². The van der Waals surface area contributed by atoms with E-state index in [1.165, 1.54) is 17.2 Å². The van der Waals surface area contributed by atoms with Crippen LogP contribution in [-0.2, 0) is 12.8 Å². The quantitative estimate of drug-likeness (QED) is 0.727. The van der Waals surface area contributed by atoms with Crippen LogP contribution in [0.2, 0.25) is 0 Å². The molecule has 1 heteroatoms. The van der Waals surface area contributed by atoms with Gasteiger partial charge in [0, 0.05) is 0 Å². The van der Waals surface area contributed by atoms with Gasteiger partial charge in [-0.2, -0.15) is 0 Å². The molecule has 0 saturated carbocycles. The summed E-state index contributed by atoms with van der Waals surface area (Å²) in [7, 11) is 0. The second kappa shape index (κ2) is 4.33. The summed E-state index contributed by atoms with van der Waals surface area (Å²) in [5, 5.41) is 0. The molecule has 1 aliphatic carbocycles. The maximum absolute atomic E-state index is 13.6. The Morgan fingerprint density at radius 1 is 1.00 bits per heavy atom. The number of halogens is 1. The molecule has 0 saturated heterocycles. The van der Waals surface area contributed by atoms with Crippen LogP contribution in [0.4, 0.5) is 4.39 Å². The Hall–Kier alpha value is -1.63. The molecule has 0 fully saturated rings. The van der Waals surface area contributed by atoms with Crippen LogP contribution < -0.4 is 0 Å². The molecule has 1 atom stereocenters. The van der Waals surface area contributed by atoms with Crippen LogP contribution in [0, 0.1) is 12.2 Å². The molecular formula is C16H14F. The first-order chi connectivity index (χ1) is 8.34. The Bertz CT molecular complexity index is 531. The van der Waals surface area contributed by atoms with Crippen LogP contribution in [0.3, 0.4) is 0 Å². The summed E-state index contributed by atoms with van der Waals surface area (Å²) in [6.45, 7) is 0. The van der Waals surface area contributed by atoms with Gasteiger partial charge in [-0.3, -0.25) is 0 Å². The summed E-state index contributed by atoms with van der Waals surface area (Å²) in [6, 6.07) is 15.5. The van der Waals surface area contributed by atoms with Gasteiger partial charge < -0.3 is 0 Å². The van der Waals surface area contributed by atoms with Crippen LogP contribution in [0.25, 0.3) is 0 Å². The second-order valence-corrected chi connectivity index (χ2v) is 4.54. The van der Waals surface area contributed by atoms with Gasteiger partial charge in [-0.15, -0.1) is 0 Å². The van der Waals surface area contributed by atoms with Crippen LogP contribution in [0.5, 0.6) is 0 Å². The Labute approximate surface area is 101 Å². The highest BCUT2D eigenvalue weighted by atomic mass is 19.1. The molecule has 2 aromatic rings. The standard InChI is InChI=1S/C16H14F/c17-16-8-4-2-6-14(16)11-13-10-9-12-5-1-3-7-15(12)13/h1-8,10,13H,9,11H2. The lowest BCUT2D eigenvalue weighted by Gasteiger charge is -2.11. The van der Waals surface area contributed by atoms with Crippen molar-refractivity contribution in [3.8, 4) is 0 Å². The smallest absolute Gasteiger partial charge is 0.126 e. The molecule has 17 heavy (non-hydrogen) atoms. The lowest BCUT2D eigenvalue weighted by atomic mass is 9.93. The molecule has 0 heterocycles. The minimum atomic E-state index is -0.0923. The molecule has 1 unspecified atom stereocenters. The van der Waals surface area contributed by atoms with Crippen molar-refractivity contribution in [3.63, 3.8) is 0 Å². The van der Waals surface area contributed by atoms with Crippen LogP contribution in [-0.4, -0.2) is 0 Å². The van der Waals surface area contributed by atoms with Gasteiger partial charge in [-0.05, 0) is 47.9 Å². The van der Waals surface area contributed by atoms with E-state index >= 15 is 0 Å². The monoisotopic (exact) mass is 225 g/mol. The van der Waals surface area contributed by atoms with Gasteiger partial charge in [0.1, 0.15) is 5.82 Å². The Balaban J connectivity index is 1.87. The van der Waals surface area contributed by atoms with Crippen molar-refractivity contribution >= 4 is 0 Å². The molecule has 1 radical (unpaired) electrons. The first-order valence-electron chi connectivity index (χ1n) is 5.99. The second-order valence-electron chi connectivity index (χ2n) is 4.54. The third kappa shape index (κ3) is 1.97. The molecule has 0 bridgehead atoms. The normalized spacial score (nSPS) is 18.1. The first kappa shape index (κ1) is 10.5. The fraction of sp³-hybridized carbons (Fsp3) is 0.188. The van der Waals surface area contributed by atoms with Crippen molar-refractivity contribution in [2.24, 2.45) is 0 Å². The van der Waals surface area contributed by atoms with E-state index in [1.807, 2.05) is 12.1 Å². The summed E-state index contributed by atoms with van der Waals surface area (Å²) >= 11 is 0. The highest BCUT2D eigenvalue weighted by molar-refractivity contribution is 5.40. The zero-order chi connectivity index (χ0) is 11.7. The number of hydrogen-bond acceptors (Lipinski definition) is 0. The Kier molecular flexibility index (Phi) is 2.68. The topological polar surface area (TPSA) is 0 Å². The fourth-order valence-corrected chi connectivity index (χ4v) is 2.57. The minimum absolute atomic E-state index is 0.0923. The molecule has 0 spiro atoms. The van der Waals surface area contributed by atoms with E-state index in [4.69, 9.17) is 0 Å². The summed E-state index contributed by atoms with van der Waals surface area (Å²) in [6.07, 6.45) is 4.07. The number of hydrogen-bond donors (Lipinski definition) is 0. The van der Waals surface area contributed by atoms with Gasteiger partial charge >= 0.3 is 0 Å². The molecule has 3 rings (SSSR count). The van der Waals surface area contributed by atoms with Crippen molar-refractivity contribution in [1.29, 1.82) is 0 Å². The van der Waals surface area contributed by atoms with Crippen LogP contribution in [0.15, 0.2) is 48.5 Å². The third-order valence-electron chi connectivity index (χ3n) is 3.47. The highest BCUT2D eigenvalue weighted by Gasteiger charge is 2.22. The summed E-state index contributed by atoms with van der Waals surface area (Å²) in [5.41, 5.74) is 3.55. The van der Waals surface area contributed by atoms with Gasteiger partial charge in [0.15, 0.2) is 0 Å².